The lowest BCUT2D eigenvalue weighted by atomic mass is 9.87. The first-order chi connectivity index (χ1) is 7.97. The second kappa shape index (κ2) is 4.98. The highest BCUT2D eigenvalue weighted by molar-refractivity contribution is 7.10. The summed E-state index contributed by atoms with van der Waals surface area (Å²) in [6, 6.07) is 0. The van der Waals surface area contributed by atoms with Gasteiger partial charge in [-0.05, 0) is 41.7 Å². The number of hydrogen-bond acceptors (Lipinski definition) is 2. The van der Waals surface area contributed by atoms with Crippen LogP contribution in [-0.4, -0.2) is 12.7 Å². The summed E-state index contributed by atoms with van der Waals surface area (Å²) in [6.07, 6.45) is -0.689. The van der Waals surface area contributed by atoms with Gasteiger partial charge in [0.15, 0.2) is 0 Å². The van der Waals surface area contributed by atoms with E-state index in [1.165, 1.54) is 16.9 Å². The van der Waals surface area contributed by atoms with Crippen LogP contribution in [0.25, 0.3) is 0 Å². The zero-order chi connectivity index (χ0) is 12.5. The normalized spacial score (nSPS) is 20.4. The van der Waals surface area contributed by atoms with Crippen molar-refractivity contribution in [3.63, 3.8) is 0 Å². The highest BCUT2D eigenvalue weighted by atomic mass is 32.1. The number of alkyl halides is 3. The number of hydrogen-bond donors (Lipinski definition) is 1. The molecule has 1 heterocycles. The van der Waals surface area contributed by atoms with Crippen molar-refractivity contribution in [2.45, 2.75) is 44.8 Å². The Labute approximate surface area is 103 Å². The number of aryl methyl sites for hydroxylation is 1. The fourth-order valence-electron chi connectivity index (χ4n) is 2.42. The third kappa shape index (κ3) is 3.22. The molecule has 17 heavy (non-hydrogen) atoms. The lowest BCUT2D eigenvalue weighted by Gasteiger charge is -2.20. The van der Waals surface area contributed by atoms with Gasteiger partial charge in [0.25, 0.3) is 0 Å². The highest BCUT2D eigenvalue weighted by Crippen LogP contribution is 2.37. The van der Waals surface area contributed by atoms with Crippen LogP contribution in [0.1, 0.15) is 41.7 Å². The lowest BCUT2D eigenvalue weighted by Crippen LogP contribution is -2.28. The molecular weight excluding hydrogens is 247 g/mol. The van der Waals surface area contributed by atoms with Gasteiger partial charge in [0.2, 0.25) is 0 Å². The topological polar surface area (TPSA) is 12.0 Å². The minimum atomic E-state index is -4.12. The number of rotatable bonds is 3. The average Bonchev–Trinajstić information content (AvgIpc) is 2.61. The third-order valence-corrected chi connectivity index (χ3v) is 4.28. The standard InChI is InChI=1S/C12H16F3NS/c1-8-3-2-4-10-11(8)9(6-17-10)5-16-7-12(13,14)15/h6,8,16H,2-5,7H2,1H3. The van der Waals surface area contributed by atoms with Crippen LogP contribution in [0.2, 0.25) is 0 Å². The van der Waals surface area contributed by atoms with Crippen LogP contribution in [0.15, 0.2) is 5.38 Å². The predicted molar refractivity (Wildman–Crippen MR) is 63.4 cm³/mol. The van der Waals surface area contributed by atoms with Crippen molar-refractivity contribution in [3.05, 3.63) is 21.4 Å². The molecule has 0 spiro atoms. The molecule has 1 aliphatic rings. The van der Waals surface area contributed by atoms with Crippen LogP contribution in [0.3, 0.4) is 0 Å². The van der Waals surface area contributed by atoms with Crippen molar-refractivity contribution < 1.29 is 13.2 Å². The molecule has 0 aromatic carbocycles. The van der Waals surface area contributed by atoms with Gasteiger partial charge in [0, 0.05) is 11.4 Å². The van der Waals surface area contributed by atoms with E-state index < -0.39 is 12.7 Å². The Balaban J connectivity index is 2.00. The van der Waals surface area contributed by atoms with Crippen molar-refractivity contribution in [1.82, 2.24) is 5.32 Å². The quantitative estimate of drug-likeness (QED) is 0.873. The van der Waals surface area contributed by atoms with Gasteiger partial charge in [-0.1, -0.05) is 6.92 Å². The molecule has 1 atom stereocenters. The van der Waals surface area contributed by atoms with Gasteiger partial charge in [-0.25, -0.2) is 0 Å². The van der Waals surface area contributed by atoms with E-state index >= 15 is 0 Å². The Kier molecular flexibility index (Phi) is 3.78. The largest absolute Gasteiger partial charge is 0.401 e. The van der Waals surface area contributed by atoms with E-state index in [-0.39, 0.29) is 0 Å². The fraction of sp³-hybridized carbons (Fsp3) is 0.667. The third-order valence-electron chi connectivity index (χ3n) is 3.16. The smallest absolute Gasteiger partial charge is 0.305 e. The van der Waals surface area contributed by atoms with Crippen LogP contribution in [-0.2, 0) is 13.0 Å². The summed E-state index contributed by atoms with van der Waals surface area (Å²) in [7, 11) is 0. The molecule has 0 saturated heterocycles. The lowest BCUT2D eigenvalue weighted by molar-refractivity contribution is -0.125. The molecular formula is C12H16F3NS. The summed E-state index contributed by atoms with van der Waals surface area (Å²) in [5.41, 5.74) is 2.36. The van der Waals surface area contributed by atoms with Crippen LogP contribution in [0.4, 0.5) is 13.2 Å². The Morgan fingerprint density at radius 2 is 2.24 bits per heavy atom. The van der Waals surface area contributed by atoms with E-state index in [9.17, 15) is 13.2 Å². The first-order valence-corrected chi connectivity index (χ1v) is 6.72. The SMILES string of the molecule is CC1CCCc2scc(CNCC(F)(F)F)c21. The molecule has 5 heteroatoms. The molecule has 1 N–H and O–H groups in total. The molecule has 1 aromatic heterocycles. The first-order valence-electron chi connectivity index (χ1n) is 5.84. The Morgan fingerprint density at radius 1 is 1.47 bits per heavy atom. The Bertz CT molecular complexity index is 384. The number of fused-ring (bicyclic) bond motifs is 1. The summed E-state index contributed by atoms with van der Waals surface area (Å²) in [4.78, 5) is 1.37. The molecule has 1 aliphatic carbocycles. The van der Waals surface area contributed by atoms with Gasteiger partial charge >= 0.3 is 6.18 Å². The predicted octanol–water partition coefficient (Wildman–Crippen LogP) is 3.84. The van der Waals surface area contributed by atoms with Crippen molar-refractivity contribution in [1.29, 1.82) is 0 Å². The molecule has 2 rings (SSSR count). The minimum Gasteiger partial charge on any atom is -0.305 e. The summed E-state index contributed by atoms with van der Waals surface area (Å²) in [5.74, 6) is 0.493. The van der Waals surface area contributed by atoms with Crippen LogP contribution >= 0.6 is 11.3 Å². The molecule has 0 bridgehead atoms. The molecule has 96 valence electrons. The maximum atomic E-state index is 12.0. The van der Waals surface area contributed by atoms with Crippen molar-refractivity contribution in [3.8, 4) is 0 Å². The van der Waals surface area contributed by atoms with E-state index in [1.807, 2.05) is 5.38 Å². The molecule has 1 unspecified atom stereocenters. The molecule has 0 radical (unpaired) electrons. The summed E-state index contributed by atoms with van der Waals surface area (Å²) in [5, 5.41) is 4.49. The van der Waals surface area contributed by atoms with Crippen LogP contribution < -0.4 is 5.32 Å². The van der Waals surface area contributed by atoms with Gasteiger partial charge in [-0.2, -0.15) is 13.2 Å². The zero-order valence-corrected chi connectivity index (χ0v) is 10.5. The molecule has 0 saturated carbocycles. The molecule has 1 nitrogen and oxygen atoms in total. The van der Waals surface area contributed by atoms with E-state index in [4.69, 9.17) is 0 Å². The minimum absolute atomic E-state index is 0.329. The van der Waals surface area contributed by atoms with Crippen LogP contribution in [0, 0.1) is 0 Å². The fourth-order valence-corrected chi connectivity index (χ4v) is 3.64. The van der Waals surface area contributed by atoms with Gasteiger partial charge in [0.1, 0.15) is 0 Å². The van der Waals surface area contributed by atoms with Crippen molar-refractivity contribution in [2.24, 2.45) is 0 Å². The van der Waals surface area contributed by atoms with E-state index in [2.05, 4.69) is 12.2 Å². The maximum absolute atomic E-state index is 12.0. The molecule has 0 aliphatic heterocycles. The summed E-state index contributed by atoms with van der Waals surface area (Å²) < 4.78 is 36.1. The second-order valence-electron chi connectivity index (χ2n) is 4.61. The number of nitrogens with one attached hydrogen (secondary N) is 1. The number of halogens is 3. The summed E-state index contributed by atoms with van der Waals surface area (Å²) in [6.45, 7) is 1.58. The highest BCUT2D eigenvalue weighted by Gasteiger charge is 2.27. The molecule has 0 fully saturated rings. The van der Waals surface area contributed by atoms with Gasteiger partial charge < -0.3 is 5.32 Å². The maximum Gasteiger partial charge on any atom is 0.401 e. The van der Waals surface area contributed by atoms with E-state index in [0.717, 1.165) is 18.4 Å². The number of thiophene rings is 1. The molecule has 1 aromatic rings. The van der Waals surface area contributed by atoms with Gasteiger partial charge in [-0.15, -0.1) is 11.3 Å². The Hall–Kier alpha value is -0.550. The zero-order valence-electron chi connectivity index (χ0n) is 9.73. The molecule has 0 amide bonds. The van der Waals surface area contributed by atoms with E-state index in [0.29, 0.717) is 12.5 Å². The Morgan fingerprint density at radius 3 is 2.94 bits per heavy atom. The summed E-state index contributed by atoms with van der Waals surface area (Å²) >= 11 is 1.69. The first kappa shape index (κ1) is 12.9. The van der Waals surface area contributed by atoms with Crippen LogP contribution in [0.5, 0.6) is 0 Å². The van der Waals surface area contributed by atoms with E-state index in [1.54, 1.807) is 11.3 Å². The monoisotopic (exact) mass is 263 g/mol. The average molecular weight is 263 g/mol. The second-order valence-corrected chi connectivity index (χ2v) is 5.57. The van der Waals surface area contributed by atoms with Crippen molar-refractivity contribution in [2.75, 3.05) is 6.54 Å². The van der Waals surface area contributed by atoms with Gasteiger partial charge in [-0.3, -0.25) is 0 Å². The van der Waals surface area contributed by atoms with Crippen molar-refractivity contribution >= 4 is 11.3 Å². The van der Waals surface area contributed by atoms with Gasteiger partial charge in [0.05, 0.1) is 6.54 Å².